The minimum absolute atomic E-state index is 0.0504. The maximum Gasteiger partial charge on any atom is 0.325 e. The van der Waals surface area contributed by atoms with E-state index in [4.69, 9.17) is 0 Å². The van der Waals surface area contributed by atoms with Gasteiger partial charge in [0.2, 0.25) is 5.91 Å². The maximum atomic E-state index is 13.2. The monoisotopic (exact) mass is 438 g/mol. The fourth-order valence-corrected chi connectivity index (χ4v) is 5.27. The maximum absolute atomic E-state index is 13.2. The number of thiazole rings is 1. The molecule has 0 bridgehead atoms. The third-order valence-corrected chi connectivity index (χ3v) is 7.06. The molecule has 1 saturated heterocycles. The summed E-state index contributed by atoms with van der Waals surface area (Å²) in [6.07, 6.45) is 5.05. The summed E-state index contributed by atoms with van der Waals surface area (Å²) >= 11 is 1.34. The van der Waals surface area contributed by atoms with E-state index in [-0.39, 0.29) is 30.8 Å². The van der Waals surface area contributed by atoms with Gasteiger partial charge in [-0.3, -0.25) is 19.4 Å². The van der Waals surface area contributed by atoms with Crippen LogP contribution in [0.15, 0.2) is 48.4 Å². The van der Waals surface area contributed by atoms with Gasteiger partial charge in [0.05, 0.1) is 5.69 Å². The van der Waals surface area contributed by atoms with Crippen molar-refractivity contribution < 1.29 is 14.4 Å². The number of imide groups is 1. The van der Waals surface area contributed by atoms with Crippen molar-refractivity contribution in [3.05, 3.63) is 48.4 Å². The highest BCUT2D eigenvalue weighted by atomic mass is 32.1. The van der Waals surface area contributed by atoms with Crippen LogP contribution in [0.2, 0.25) is 0 Å². The molecule has 2 fully saturated rings. The van der Waals surface area contributed by atoms with Crippen molar-refractivity contribution in [1.82, 2.24) is 15.2 Å². The number of carbonyl (C=O) groups is 3. The molecule has 0 radical (unpaired) electrons. The Kier molecular flexibility index (Phi) is 5.91. The van der Waals surface area contributed by atoms with Crippen molar-refractivity contribution in [2.24, 2.45) is 5.92 Å². The lowest BCUT2D eigenvalue weighted by Gasteiger charge is -2.36. The van der Waals surface area contributed by atoms with Crippen LogP contribution in [0.4, 0.5) is 9.93 Å². The predicted molar refractivity (Wildman–Crippen MR) is 121 cm³/mol. The number of nitrogens with one attached hydrogen (secondary N) is 1. The van der Waals surface area contributed by atoms with Gasteiger partial charge in [0.25, 0.3) is 5.91 Å². The molecular weight excluding hydrogens is 412 g/mol. The summed E-state index contributed by atoms with van der Waals surface area (Å²) in [6.45, 7) is 5.66. The number of hydrogen-bond acceptors (Lipinski definition) is 5. The summed E-state index contributed by atoms with van der Waals surface area (Å²) in [5.41, 5.74) is 0.853. The van der Waals surface area contributed by atoms with Crippen LogP contribution in [0, 0.1) is 5.92 Å². The highest BCUT2D eigenvalue weighted by Gasteiger charge is 2.55. The van der Waals surface area contributed by atoms with Gasteiger partial charge < -0.3 is 5.32 Å². The van der Waals surface area contributed by atoms with E-state index in [9.17, 15) is 14.4 Å². The van der Waals surface area contributed by atoms with Crippen LogP contribution in [0.3, 0.4) is 0 Å². The number of urea groups is 1. The summed E-state index contributed by atoms with van der Waals surface area (Å²) in [7, 11) is 0. The largest absolute Gasteiger partial charge is 0.325 e. The van der Waals surface area contributed by atoms with Crippen molar-refractivity contribution in [2.75, 3.05) is 18.0 Å². The smallest absolute Gasteiger partial charge is 0.323 e. The Morgan fingerprint density at radius 2 is 2.13 bits per heavy atom. The average molecular weight is 439 g/mol. The van der Waals surface area contributed by atoms with E-state index >= 15 is 0 Å². The van der Waals surface area contributed by atoms with Gasteiger partial charge in [-0.15, -0.1) is 17.9 Å². The zero-order valence-corrected chi connectivity index (χ0v) is 18.4. The van der Waals surface area contributed by atoms with Crippen LogP contribution in [0.5, 0.6) is 0 Å². The van der Waals surface area contributed by atoms with Gasteiger partial charge in [-0.05, 0) is 18.8 Å². The highest BCUT2D eigenvalue weighted by molar-refractivity contribution is 7.14. The second-order valence-corrected chi connectivity index (χ2v) is 8.95. The number of aromatic nitrogens is 1. The fourth-order valence-electron chi connectivity index (χ4n) is 4.41. The van der Waals surface area contributed by atoms with Gasteiger partial charge in [0, 0.05) is 17.5 Å². The Morgan fingerprint density at radius 1 is 1.35 bits per heavy atom. The first-order valence-corrected chi connectivity index (χ1v) is 11.4. The van der Waals surface area contributed by atoms with Crippen molar-refractivity contribution >= 4 is 34.3 Å². The first-order chi connectivity index (χ1) is 15.0. The number of carbonyl (C=O) groups excluding carboxylic acids is 3. The molecule has 2 atom stereocenters. The van der Waals surface area contributed by atoms with Crippen molar-refractivity contribution in [3.8, 4) is 11.3 Å². The lowest BCUT2D eigenvalue weighted by molar-refractivity contribution is -0.136. The number of anilines is 1. The molecule has 1 aliphatic carbocycles. The summed E-state index contributed by atoms with van der Waals surface area (Å²) < 4.78 is 0. The second-order valence-electron chi connectivity index (χ2n) is 8.11. The van der Waals surface area contributed by atoms with E-state index in [1.807, 2.05) is 42.6 Å². The van der Waals surface area contributed by atoms with Crippen LogP contribution >= 0.6 is 11.3 Å². The zero-order valence-electron chi connectivity index (χ0n) is 17.5. The Morgan fingerprint density at radius 3 is 2.84 bits per heavy atom. The summed E-state index contributed by atoms with van der Waals surface area (Å²) in [6, 6.07) is 9.21. The predicted octanol–water partition coefficient (Wildman–Crippen LogP) is 3.83. The van der Waals surface area contributed by atoms with Crippen LogP contribution in [-0.2, 0) is 9.59 Å². The summed E-state index contributed by atoms with van der Waals surface area (Å²) in [5, 5.41) is 5.29. The molecule has 162 valence electrons. The van der Waals surface area contributed by atoms with Gasteiger partial charge in [-0.25, -0.2) is 9.78 Å². The third kappa shape index (κ3) is 3.87. The molecule has 1 aromatic carbocycles. The van der Waals surface area contributed by atoms with E-state index in [2.05, 4.69) is 16.9 Å². The second kappa shape index (κ2) is 8.63. The minimum atomic E-state index is -0.874. The summed E-state index contributed by atoms with van der Waals surface area (Å²) in [4.78, 5) is 46.1. The molecule has 1 saturated carbocycles. The quantitative estimate of drug-likeness (QED) is 0.549. The van der Waals surface area contributed by atoms with E-state index in [0.717, 1.165) is 35.4 Å². The Hall–Kier alpha value is -3.00. The van der Waals surface area contributed by atoms with Crippen LogP contribution in [0.25, 0.3) is 11.3 Å². The Labute approximate surface area is 185 Å². The van der Waals surface area contributed by atoms with Gasteiger partial charge >= 0.3 is 6.03 Å². The van der Waals surface area contributed by atoms with Gasteiger partial charge in [-0.2, -0.15) is 0 Å². The molecular formula is C23H26N4O3S. The lowest BCUT2D eigenvalue weighted by atomic mass is 9.73. The molecule has 1 aliphatic heterocycles. The first-order valence-electron chi connectivity index (χ1n) is 10.5. The van der Waals surface area contributed by atoms with Crippen LogP contribution in [-0.4, -0.2) is 46.4 Å². The topological polar surface area (TPSA) is 82.6 Å². The molecule has 2 aromatic rings. The van der Waals surface area contributed by atoms with Gasteiger partial charge in [0.15, 0.2) is 5.13 Å². The van der Waals surface area contributed by atoms with E-state index in [0.29, 0.717) is 11.6 Å². The van der Waals surface area contributed by atoms with Gasteiger partial charge in [0.1, 0.15) is 12.1 Å². The Bertz CT molecular complexity index is 1010. The third-order valence-electron chi connectivity index (χ3n) is 6.20. The fraction of sp³-hybridized carbons (Fsp3) is 0.391. The highest BCUT2D eigenvalue weighted by Crippen LogP contribution is 2.38. The number of benzene rings is 1. The molecule has 1 spiro atoms. The Balaban J connectivity index is 1.53. The van der Waals surface area contributed by atoms with Crippen LogP contribution in [0.1, 0.15) is 32.6 Å². The van der Waals surface area contributed by atoms with Crippen molar-refractivity contribution in [3.63, 3.8) is 0 Å². The minimum Gasteiger partial charge on any atom is -0.323 e. The van der Waals surface area contributed by atoms with E-state index in [1.165, 1.54) is 16.2 Å². The molecule has 2 unspecified atom stereocenters. The van der Waals surface area contributed by atoms with Crippen molar-refractivity contribution in [1.29, 1.82) is 0 Å². The van der Waals surface area contributed by atoms with Gasteiger partial charge in [-0.1, -0.05) is 56.2 Å². The zero-order chi connectivity index (χ0) is 22.0. The number of hydrogen-bond donors (Lipinski definition) is 1. The SMILES string of the molecule is C=CCN(C(=O)CN1C(=O)NC2(CCCCC2C)C1=O)c1nc(-c2ccccc2)cs1. The number of nitrogens with zero attached hydrogens (tertiary/aromatic N) is 3. The van der Waals surface area contributed by atoms with Crippen molar-refractivity contribution in [2.45, 2.75) is 38.1 Å². The average Bonchev–Trinajstić information content (AvgIpc) is 3.35. The standard InChI is InChI=1S/C23H26N4O3S/c1-3-13-26(22-24-18(15-31-22)17-10-5-4-6-11-17)19(28)14-27-20(29)23(25-21(27)30)12-8-7-9-16(23)2/h3-6,10-11,15-16H,1,7-9,12-14H2,2H3,(H,25,30). The molecule has 8 heteroatoms. The molecule has 1 aromatic heterocycles. The molecule has 2 aliphatic rings. The van der Waals surface area contributed by atoms with Crippen LogP contribution < -0.4 is 10.2 Å². The number of amides is 4. The number of rotatable bonds is 6. The molecule has 1 N–H and O–H groups in total. The first kappa shape index (κ1) is 21.2. The normalized spacial score (nSPS) is 23.1. The molecule has 7 nitrogen and oxygen atoms in total. The molecule has 4 amide bonds. The summed E-state index contributed by atoms with van der Waals surface area (Å²) in [5.74, 6) is -0.604. The molecule has 4 rings (SSSR count). The lowest BCUT2D eigenvalue weighted by Crippen LogP contribution is -2.54. The van der Waals surface area contributed by atoms with E-state index in [1.54, 1.807) is 6.08 Å². The molecule has 2 heterocycles. The molecule has 31 heavy (non-hydrogen) atoms. The van der Waals surface area contributed by atoms with E-state index < -0.39 is 11.6 Å².